The molecule has 0 rings (SSSR count). The third-order valence-corrected chi connectivity index (χ3v) is 7.03. The number of hydrogen-bond donors (Lipinski definition) is 3. The van der Waals surface area contributed by atoms with Gasteiger partial charge in [-0.3, -0.25) is 19.2 Å². The number of rotatable bonds is 12. The molecule has 192 valence electrons. The van der Waals surface area contributed by atoms with Crippen LogP contribution in [-0.4, -0.2) is 77.2 Å². The van der Waals surface area contributed by atoms with Crippen molar-refractivity contribution < 1.29 is 39.2 Å². The summed E-state index contributed by atoms with van der Waals surface area (Å²) < 4.78 is 0.588. The number of alkyl halides is 4. The monoisotopic (exact) mass is 920 g/mol. The topological polar surface area (TPSA) is 138 Å². The molecule has 0 aliphatic carbocycles. The average Bonchev–Trinajstić information content (AvgIpc) is 2.62. The van der Waals surface area contributed by atoms with Crippen LogP contribution in [0.5, 0.6) is 0 Å². The lowest BCUT2D eigenvalue weighted by atomic mass is 9.60. The maximum atomic E-state index is 14.0. The summed E-state index contributed by atoms with van der Waals surface area (Å²) in [7, 11) is 0. The van der Waals surface area contributed by atoms with E-state index >= 15 is 0 Å². The highest BCUT2D eigenvalue weighted by Crippen LogP contribution is 2.48. The van der Waals surface area contributed by atoms with Gasteiger partial charge in [0.25, 0.3) is 0 Å². The number of ether oxygens (including phenoxy) is 1. The lowest BCUT2D eigenvalue weighted by molar-refractivity contribution is -0.214. The van der Waals surface area contributed by atoms with Crippen LogP contribution < -0.4 is 0 Å². The van der Waals surface area contributed by atoms with E-state index in [2.05, 4.69) is 0 Å². The van der Waals surface area contributed by atoms with Crippen LogP contribution in [0, 0.1) is 5.41 Å². The first-order valence-corrected chi connectivity index (χ1v) is 14.2. The lowest BCUT2D eigenvalue weighted by Crippen LogP contribution is -2.75. The molecule has 0 saturated heterocycles. The zero-order valence-electron chi connectivity index (χ0n) is 19.9. The number of carbonyl (C=O) groups is 4. The fourth-order valence-corrected chi connectivity index (χ4v) is 4.23. The molecule has 0 amide bonds. The highest BCUT2D eigenvalue weighted by atomic mass is 127. The van der Waals surface area contributed by atoms with Gasteiger partial charge in [0, 0.05) is 0 Å². The number of halogens is 4. The molecule has 0 aliphatic heterocycles. The van der Waals surface area contributed by atoms with Crippen molar-refractivity contribution in [2.24, 2.45) is 5.41 Å². The molecule has 8 nitrogen and oxygen atoms in total. The highest BCUT2D eigenvalue weighted by molar-refractivity contribution is 14.1. The van der Waals surface area contributed by atoms with E-state index in [-0.39, 0.29) is 0 Å². The first-order valence-electron chi connectivity index (χ1n) is 9.91. The predicted octanol–water partition coefficient (Wildman–Crippen LogP) is 3.16. The van der Waals surface area contributed by atoms with Gasteiger partial charge in [-0.1, -0.05) is 90.4 Å². The van der Waals surface area contributed by atoms with Crippen LogP contribution in [0.15, 0.2) is 0 Å². The maximum Gasteiger partial charge on any atom is 0.322 e. The summed E-state index contributed by atoms with van der Waals surface area (Å²) in [6.07, 6.45) is -2.21. The van der Waals surface area contributed by atoms with E-state index in [9.17, 15) is 34.5 Å². The van der Waals surface area contributed by atoms with E-state index in [0.29, 0.717) is 0 Å². The Morgan fingerprint density at radius 3 is 1.24 bits per heavy atom. The van der Waals surface area contributed by atoms with Gasteiger partial charge in [-0.15, -0.1) is 0 Å². The van der Waals surface area contributed by atoms with Crippen molar-refractivity contribution in [2.45, 2.75) is 80.8 Å². The molecule has 0 radical (unpaired) electrons. The molecule has 1 atom stereocenters. The first-order chi connectivity index (χ1) is 14.4. The maximum absolute atomic E-state index is 14.0. The van der Waals surface area contributed by atoms with Crippen molar-refractivity contribution in [3.63, 3.8) is 0 Å². The number of aliphatic hydroxyl groups excluding tert-OH is 3. The zero-order chi connectivity index (χ0) is 27.0. The SMILES string of the molecule is CC(C)(I)C(=O)OC(C(=O)C(C)(C)I)(C(=O)C(C)(C)I)C(CO)(CO)C(O)C(=O)C(C)(C)I. The molecule has 0 bridgehead atoms. The van der Waals surface area contributed by atoms with E-state index in [1.54, 1.807) is 90.4 Å². The Labute approximate surface area is 249 Å². The van der Waals surface area contributed by atoms with Crippen molar-refractivity contribution in [1.82, 2.24) is 0 Å². The van der Waals surface area contributed by atoms with E-state index in [1.807, 2.05) is 0 Å². The van der Waals surface area contributed by atoms with Gasteiger partial charge in [0.1, 0.15) is 14.9 Å². The van der Waals surface area contributed by atoms with E-state index in [4.69, 9.17) is 4.74 Å². The Balaban J connectivity index is 7.83. The smallest absolute Gasteiger partial charge is 0.322 e. The molecule has 0 saturated carbocycles. The van der Waals surface area contributed by atoms with Gasteiger partial charge in [0.2, 0.25) is 5.60 Å². The van der Waals surface area contributed by atoms with Crippen molar-refractivity contribution in [2.75, 3.05) is 13.2 Å². The largest absolute Gasteiger partial charge is 0.441 e. The van der Waals surface area contributed by atoms with Gasteiger partial charge in [0.15, 0.2) is 17.3 Å². The standard InChI is InChI=1S/C21H32I4O8/c1-16(2,22)11(28)12(29)20(9-26,10-27)21(13(30)17(3,4)23,14(31)18(5,6)24)33-15(32)19(7,8)25/h12,26-27,29H,9-10H2,1-8H3. The van der Waals surface area contributed by atoms with Crippen molar-refractivity contribution in [3.05, 3.63) is 0 Å². The molecule has 0 heterocycles. The van der Waals surface area contributed by atoms with Gasteiger partial charge in [-0.2, -0.15) is 0 Å². The van der Waals surface area contributed by atoms with Gasteiger partial charge in [-0.25, -0.2) is 0 Å². The number of carbonyl (C=O) groups excluding carboxylic acids is 4. The van der Waals surface area contributed by atoms with Gasteiger partial charge in [-0.05, 0) is 55.4 Å². The summed E-state index contributed by atoms with van der Waals surface area (Å²) in [6, 6.07) is 0. The molecule has 0 aromatic carbocycles. The Bertz CT molecular complexity index is 752. The Hall–Kier alpha value is 1.28. The van der Waals surface area contributed by atoms with Crippen molar-refractivity contribution in [1.29, 1.82) is 0 Å². The third-order valence-electron chi connectivity index (χ3n) is 5.07. The van der Waals surface area contributed by atoms with Crippen LogP contribution in [0.2, 0.25) is 0 Å². The van der Waals surface area contributed by atoms with Gasteiger partial charge < -0.3 is 20.1 Å². The fraction of sp³-hybridized carbons (Fsp3) is 0.810. The van der Waals surface area contributed by atoms with Crippen LogP contribution in [-0.2, 0) is 23.9 Å². The summed E-state index contributed by atoms with van der Waals surface area (Å²) in [5.41, 5.74) is -5.43. The molecule has 3 N–H and O–H groups in total. The number of aliphatic hydroxyl groups is 3. The van der Waals surface area contributed by atoms with Crippen LogP contribution in [0.1, 0.15) is 55.4 Å². The second-order valence-electron chi connectivity index (χ2n) is 9.86. The number of esters is 1. The molecule has 0 spiro atoms. The molecule has 1 unspecified atom stereocenters. The summed E-state index contributed by atoms with van der Waals surface area (Å²) in [5, 5.41) is 32.4. The normalized spacial score (nSPS) is 15.1. The Morgan fingerprint density at radius 1 is 0.697 bits per heavy atom. The number of Topliss-reactive ketones (excluding diaryl/α,β-unsaturated/α-hetero) is 3. The molecule has 0 fully saturated rings. The molecule has 0 aromatic heterocycles. The quantitative estimate of drug-likeness (QED) is 0.118. The average molecular weight is 920 g/mol. The van der Waals surface area contributed by atoms with E-state index < -0.39 is 67.3 Å². The third kappa shape index (κ3) is 7.19. The van der Waals surface area contributed by atoms with Gasteiger partial charge in [0.05, 0.1) is 23.5 Å². The predicted molar refractivity (Wildman–Crippen MR) is 159 cm³/mol. The van der Waals surface area contributed by atoms with E-state index in [0.717, 1.165) is 0 Å². The number of hydrogen-bond acceptors (Lipinski definition) is 8. The lowest BCUT2D eigenvalue weighted by Gasteiger charge is -2.51. The van der Waals surface area contributed by atoms with Crippen LogP contribution in [0.25, 0.3) is 0 Å². The van der Waals surface area contributed by atoms with E-state index in [1.165, 1.54) is 55.4 Å². The molecular formula is C21H32I4O8. The molecular weight excluding hydrogens is 888 g/mol. The molecule has 33 heavy (non-hydrogen) atoms. The summed E-state index contributed by atoms with van der Waals surface area (Å²) >= 11 is 7.06. The zero-order valence-corrected chi connectivity index (χ0v) is 28.5. The van der Waals surface area contributed by atoms with Gasteiger partial charge >= 0.3 is 5.97 Å². The number of ketones is 3. The molecule has 0 aromatic rings. The summed E-state index contributed by atoms with van der Waals surface area (Å²) in [4.78, 5) is 54.3. The Kier molecular flexibility index (Phi) is 11.8. The Morgan fingerprint density at radius 2 is 1.03 bits per heavy atom. The first kappa shape index (κ1) is 34.3. The molecule has 0 aliphatic rings. The minimum atomic E-state index is -2.87. The van der Waals surface area contributed by atoms with Crippen LogP contribution >= 0.6 is 90.4 Å². The summed E-state index contributed by atoms with van der Waals surface area (Å²) in [5.74, 6) is -3.75. The highest BCUT2D eigenvalue weighted by Gasteiger charge is 2.72. The fourth-order valence-electron chi connectivity index (χ4n) is 3.06. The van der Waals surface area contributed by atoms with Crippen LogP contribution in [0.3, 0.4) is 0 Å². The minimum absolute atomic E-state index is 0.849. The van der Waals surface area contributed by atoms with Crippen molar-refractivity contribution >= 4 is 114 Å². The second-order valence-corrected chi connectivity index (χ2v) is 20.6. The summed E-state index contributed by atoms with van der Waals surface area (Å²) in [6.45, 7) is 9.49. The minimum Gasteiger partial charge on any atom is -0.441 e. The van der Waals surface area contributed by atoms with Crippen molar-refractivity contribution in [3.8, 4) is 0 Å². The van der Waals surface area contributed by atoms with Crippen LogP contribution in [0.4, 0.5) is 0 Å². The molecule has 12 heteroatoms. The second kappa shape index (κ2) is 11.3.